The van der Waals surface area contributed by atoms with Crippen LogP contribution in [0.1, 0.15) is 36.6 Å². The zero-order valence-corrected chi connectivity index (χ0v) is 14.5. The SMILES string of the molecule is CN1CCCC(C(=O)NCC(c2cccs2)N2CCCC2)C1=O. The fourth-order valence-electron chi connectivity index (χ4n) is 3.54. The van der Waals surface area contributed by atoms with Crippen LogP contribution in [0.5, 0.6) is 0 Å². The molecule has 3 heterocycles. The van der Waals surface area contributed by atoms with E-state index in [0.717, 1.165) is 26.1 Å². The first-order valence-corrected chi connectivity index (χ1v) is 9.35. The lowest BCUT2D eigenvalue weighted by atomic mass is 9.96. The van der Waals surface area contributed by atoms with E-state index in [-0.39, 0.29) is 17.9 Å². The van der Waals surface area contributed by atoms with E-state index in [1.807, 2.05) is 0 Å². The first kappa shape index (κ1) is 16.5. The normalized spacial score (nSPS) is 24.0. The van der Waals surface area contributed by atoms with Crippen molar-refractivity contribution in [3.05, 3.63) is 22.4 Å². The van der Waals surface area contributed by atoms with E-state index in [0.29, 0.717) is 13.0 Å². The van der Waals surface area contributed by atoms with E-state index in [2.05, 4.69) is 27.7 Å². The third-order valence-corrected chi connectivity index (χ3v) is 5.87. The second-order valence-electron chi connectivity index (χ2n) is 6.47. The van der Waals surface area contributed by atoms with Gasteiger partial charge in [-0.25, -0.2) is 0 Å². The first-order valence-electron chi connectivity index (χ1n) is 8.47. The van der Waals surface area contributed by atoms with Crippen LogP contribution >= 0.6 is 11.3 Å². The Morgan fingerprint density at radius 1 is 1.35 bits per heavy atom. The summed E-state index contributed by atoms with van der Waals surface area (Å²) in [7, 11) is 1.78. The highest BCUT2D eigenvalue weighted by Crippen LogP contribution is 2.28. The summed E-state index contributed by atoms with van der Waals surface area (Å²) in [6.07, 6.45) is 4.02. The predicted molar refractivity (Wildman–Crippen MR) is 91.2 cm³/mol. The molecule has 2 atom stereocenters. The van der Waals surface area contributed by atoms with Crippen LogP contribution in [0.15, 0.2) is 17.5 Å². The minimum absolute atomic E-state index is 0.0393. The molecule has 0 saturated carbocycles. The number of carbonyl (C=O) groups excluding carboxylic acids is 2. The Morgan fingerprint density at radius 2 is 2.13 bits per heavy atom. The highest BCUT2D eigenvalue weighted by molar-refractivity contribution is 7.10. The molecule has 2 unspecified atom stereocenters. The number of hydrogen-bond acceptors (Lipinski definition) is 4. The number of piperidine rings is 1. The van der Waals surface area contributed by atoms with Crippen molar-refractivity contribution in [1.29, 1.82) is 0 Å². The van der Waals surface area contributed by atoms with E-state index in [1.54, 1.807) is 23.3 Å². The van der Waals surface area contributed by atoms with Crippen LogP contribution in [0, 0.1) is 5.92 Å². The lowest BCUT2D eigenvalue weighted by Gasteiger charge is -2.30. The van der Waals surface area contributed by atoms with Crippen molar-refractivity contribution in [2.75, 3.05) is 33.2 Å². The van der Waals surface area contributed by atoms with Crippen LogP contribution in [-0.4, -0.2) is 54.8 Å². The van der Waals surface area contributed by atoms with Gasteiger partial charge in [0.25, 0.3) is 0 Å². The summed E-state index contributed by atoms with van der Waals surface area (Å²) in [5.41, 5.74) is 0. The van der Waals surface area contributed by atoms with Gasteiger partial charge in [-0.05, 0) is 50.2 Å². The Bertz CT molecular complexity index is 540. The quantitative estimate of drug-likeness (QED) is 0.836. The molecule has 2 saturated heterocycles. The van der Waals surface area contributed by atoms with Gasteiger partial charge in [0, 0.05) is 25.0 Å². The van der Waals surface area contributed by atoms with Crippen LogP contribution in [0.3, 0.4) is 0 Å². The number of hydrogen-bond donors (Lipinski definition) is 1. The Kier molecular flexibility index (Phi) is 5.33. The molecular formula is C17H25N3O2S. The van der Waals surface area contributed by atoms with Gasteiger partial charge in [-0.3, -0.25) is 14.5 Å². The van der Waals surface area contributed by atoms with Crippen LogP contribution in [0.2, 0.25) is 0 Å². The van der Waals surface area contributed by atoms with E-state index in [9.17, 15) is 9.59 Å². The van der Waals surface area contributed by atoms with Gasteiger partial charge in [0.15, 0.2) is 0 Å². The van der Waals surface area contributed by atoms with Gasteiger partial charge in [-0.15, -0.1) is 11.3 Å². The molecule has 0 bridgehead atoms. The van der Waals surface area contributed by atoms with Gasteiger partial charge in [-0.1, -0.05) is 6.07 Å². The number of rotatable bonds is 5. The molecular weight excluding hydrogens is 310 g/mol. The molecule has 0 radical (unpaired) electrons. The number of amides is 2. The fraction of sp³-hybridized carbons (Fsp3) is 0.647. The Hall–Kier alpha value is -1.40. The van der Waals surface area contributed by atoms with Crippen LogP contribution in [0.4, 0.5) is 0 Å². The Labute approximate surface area is 141 Å². The molecule has 126 valence electrons. The number of nitrogens with zero attached hydrogens (tertiary/aromatic N) is 2. The molecule has 2 fully saturated rings. The monoisotopic (exact) mass is 335 g/mol. The van der Waals surface area contributed by atoms with Gasteiger partial charge in [0.05, 0.1) is 6.04 Å². The molecule has 1 N–H and O–H groups in total. The molecule has 2 aliphatic heterocycles. The first-order chi connectivity index (χ1) is 11.2. The lowest BCUT2D eigenvalue weighted by molar-refractivity contribution is -0.144. The molecule has 0 aromatic carbocycles. The maximum atomic E-state index is 12.5. The molecule has 3 rings (SSSR count). The summed E-state index contributed by atoms with van der Waals surface area (Å²) in [5.74, 6) is -0.652. The maximum Gasteiger partial charge on any atom is 0.234 e. The second kappa shape index (κ2) is 7.45. The van der Waals surface area contributed by atoms with Gasteiger partial charge in [0.1, 0.15) is 5.92 Å². The van der Waals surface area contributed by atoms with E-state index >= 15 is 0 Å². The van der Waals surface area contributed by atoms with Crippen molar-refractivity contribution in [1.82, 2.24) is 15.1 Å². The van der Waals surface area contributed by atoms with E-state index in [1.165, 1.54) is 17.7 Å². The van der Waals surface area contributed by atoms with Crippen LogP contribution < -0.4 is 5.32 Å². The standard InChI is InChI=1S/C17H25N3O2S/c1-19-8-4-6-13(17(19)22)16(21)18-12-14(15-7-5-11-23-15)20-9-2-3-10-20/h5,7,11,13-14H,2-4,6,8-10,12H2,1H3,(H,18,21). The summed E-state index contributed by atoms with van der Waals surface area (Å²) in [4.78, 5) is 30.0. The van der Waals surface area contributed by atoms with Crippen LogP contribution in [0.25, 0.3) is 0 Å². The summed E-state index contributed by atoms with van der Waals surface area (Å²) in [6, 6.07) is 4.43. The van der Waals surface area contributed by atoms with Gasteiger partial charge in [-0.2, -0.15) is 0 Å². The predicted octanol–water partition coefficient (Wildman–Crippen LogP) is 1.87. The fourth-order valence-corrected chi connectivity index (χ4v) is 4.40. The van der Waals surface area contributed by atoms with E-state index in [4.69, 9.17) is 0 Å². The maximum absolute atomic E-state index is 12.5. The minimum atomic E-state index is -0.503. The van der Waals surface area contributed by atoms with E-state index < -0.39 is 5.92 Å². The van der Waals surface area contributed by atoms with Crippen molar-refractivity contribution in [3.8, 4) is 0 Å². The largest absolute Gasteiger partial charge is 0.353 e. The summed E-state index contributed by atoms with van der Waals surface area (Å²) in [5, 5.41) is 5.13. The van der Waals surface area contributed by atoms with Crippen molar-refractivity contribution in [3.63, 3.8) is 0 Å². The molecule has 1 aromatic heterocycles. The van der Waals surface area contributed by atoms with Crippen molar-refractivity contribution in [2.45, 2.75) is 31.7 Å². The Balaban J connectivity index is 1.62. The third-order valence-electron chi connectivity index (χ3n) is 4.90. The minimum Gasteiger partial charge on any atom is -0.353 e. The number of nitrogens with one attached hydrogen (secondary N) is 1. The molecule has 6 heteroatoms. The van der Waals surface area contributed by atoms with Crippen molar-refractivity contribution >= 4 is 23.2 Å². The molecule has 5 nitrogen and oxygen atoms in total. The third kappa shape index (κ3) is 3.75. The highest BCUT2D eigenvalue weighted by Gasteiger charge is 2.33. The summed E-state index contributed by atoms with van der Waals surface area (Å²) in [6.45, 7) is 3.52. The van der Waals surface area contributed by atoms with Gasteiger partial charge < -0.3 is 10.2 Å². The topological polar surface area (TPSA) is 52.7 Å². The number of likely N-dealkylation sites (tertiary alicyclic amines) is 2. The highest BCUT2D eigenvalue weighted by atomic mass is 32.1. The van der Waals surface area contributed by atoms with Crippen molar-refractivity contribution < 1.29 is 9.59 Å². The molecule has 2 aliphatic rings. The van der Waals surface area contributed by atoms with Crippen LogP contribution in [-0.2, 0) is 9.59 Å². The average Bonchev–Trinajstić information content (AvgIpc) is 3.24. The zero-order chi connectivity index (χ0) is 16.2. The Morgan fingerprint density at radius 3 is 2.83 bits per heavy atom. The molecule has 0 spiro atoms. The molecule has 23 heavy (non-hydrogen) atoms. The summed E-state index contributed by atoms with van der Waals surface area (Å²) >= 11 is 1.74. The van der Waals surface area contributed by atoms with Gasteiger partial charge in [0.2, 0.25) is 11.8 Å². The molecule has 1 aromatic rings. The molecule has 0 aliphatic carbocycles. The zero-order valence-electron chi connectivity index (χ0n) is 13.7. The summed E-state index contributed by atoms with van der Waals surface area (Å²) < 4.78 is 0. The smallest absolute Gasteiger partial charge is 0.234 e. The average molecular weight is 335 g/mol. The number of thiophene rings is 1. The second-order valence-corrected chi connectivity index (χ2v) is 7.45. The number of carbonyl (C=O) groups is 2. The molecule has 2 amide bonds. The van der Waals surface area contributed by atoms with Gasteiger partial charge >= 0.3 is 0 Å². The van der Waals surface area contributed by atoms with Crippen molar-refractivity contribution in [2.24, 2.45) is 5.92 Å². The lowest BCUT2D eigenvalue weighted by Crippen LogP contribution is -2.47.